The van der Waals surface area contributed by atoms with E-state index < -0.39 is 0 Å². The molecule has 0 saturated carbocycles. The van der Waals surface area contributed by atoms with Crippen molar-refractivity contribution >= 4 is 23.2 Å². The van der Waals surface area contributed by atoms with Crippen LogP contribution in [0, 0.1) is 6.92 Å². The lowest BCUT2D eigenvalue weighted by Gasteiger charge is -2.19. The standard InChI is InChI=1S/C18H16N4O4/c1-11-8-17(22-26-11)21-16-5-2-12(10-19-16)18(23)20-13-3-4-14-15(9-13)25-7-6-24-14/h2-5,8-10H,6-7H2,1H3,(H,20,23)(H,19,21,22). The number of hydrogen-bond donors (Lipinski definition) is 2. The summed E-state index contributed by atoms with van der Waals surface area (Å²) in [4.78, 5) is 16.6. The van der Waals surface area contributed by atoms with Crippen LogP contribution in [-0.2, 0) is 0 Å². The van der Waals surface area contributed by atoms with E-state index >= 15 is 0 Å². The first-order chi connectivity index (χ1) is 12.7. The fourth-order valence-corrected chi connectivity index (χ4v) is 2.48. The fourth-order valence-electron chi connectivity index (χ4n) is 2.48. The molecule has 2 N–H and O–H groups in total. The summed E-state index contributed by atoms with van der Waals surface area (Å²) in [7, 11) is 0. The number of aromatic nitrogens is 2. The minimum Gasteiger partial charge on any atom is -0.486 e. The van der Waals surface area contributed by atoms with Gasteiger partial charge in [-0.15, -0.1) is 0 Å². The Morgan fingerprint density at radius 3 is 2.62 bits per heavy atom. The summed E-state index contributed by atoms with van der Waals surface area (Å²) in [5, 5.41) is 9.65. The summed E-state index contributed by atoms with van der Waals surface area (Å²) in [6, 6.07) is 10.4. The van der Waals surface area contributed by atoms with Gasteiger partial charge in [-0.1, -0.05) is 5.16 Å². The van der Waals surface area contributed by atoms with Gasteiger partial charge in [0.2, 0.25) is 0 Å². The predicted molar refractivity (Wildman–Crippen MR) is 94.1 cm³/mol. The van der Waals surface area contributed by atoms with E-state index in [2.05, 4.69) is 20.8 Å². The van der Waals surface area contributed by atoms with Crippen molar-refractivity contribution in [2.75, 3.05) is 23.8 Å². The van der Waals surface area contributed by atoms with E-state index in [1.54, 1.807) is 43.3 Å². The van der Waals surface area contributed by atoms with Crippen LogP contribution in [0.3, 0.4) is 0 Å². The van der Waals surface area contributed by atoms with Crippen molar-refractivity contribution in [1.82, 2.24) is 10.1 Å². The molecular formula is C18H16N4O4. The highest BCUT2D eigenvalue weighted by Gasteiger charge is 2.13. The maximum Gasteiger partial charge on any atom is 0.257 e. The normalized spacial score (nSPS) is 12.5. The van der Waals surface area contributed by atoms with E-state index in [0.29, 0.717) is 53.4 Å². The molecule has 0 bridgehead atoms. The maximum atomic E-state index is 12.4. The molecule has 0 atom stereocenters. The molecule has 0 radical (unpaired) electrons. The summed E-state index contributed by atoms with van der Waals surface area (Å²) in [5.41, 5.74) is 1.06. The monoisotopic (exact) mass is 352 g/mol. The highest BCUT2D eigenvalue weighted by molar-refractivity contribution is 6.04. The number of aryl methyl sites for hydroxylation is 1. The number of carbonyl (C=O) groups is 1. The lowest BCUT2D eigenvalue weighted by Crippen LogP contribution is -2.16. The molecule has 132 valence electrons. The summed E-state index contributed by atoms with van der Waals surface area (Å²) in [6.07, 6.45) is 1.49. The second-order valence-electron chi connectivity index (χ2n) is 5.69. The van der Waals surface area contributed by atoms with Crippen LogP contribution >= 0.6 is 0 Å². The van der Waals surface area contributed by atoms with E-state index in [-0.39, 0.29) is 5.91 Å². The molecule has 8 heteroatoms. The van der Waals surface area contributed by atoms with Gasteiger partial charge in [0.05, 0.1) is 5.56 Å². The Morgan fingerprint density at radius 1 is 1.04 bits per heavy atom. The van der Waals surface area contributed by atoms with Crippen LogP contribution in [0.5, 0.6) is 11.5 Å². The first-order valence-electron chi connectivity index (χ1n) is 8.05. The van der Waals surface area contributed by atoms with Crippen LogP contribution in [0.1, 0.15) is 16.1 Å². The van der Waals surface area contributed by atoms with Gasteiger partial charge in [-0.05, 0) is 31.2 Å². The molecule has 2 aromatic heterocycles. The second-order valence-corrected chi connectivity index (χ2v) is 5.69. The minimum atomic E-state index is -0.266. The summed E-state index contributed by atoms with van der Waals surface area (Å²) < 4.78 is 16.0. The zero-order valence-electron chi connectivity index (χ0n) is 14.0. The molecule has 1 aliphatic rings. The summed E-state index contributed by atoms with van der Waals surface area (Å²) >= 11 is 0. The van der Waals surface area contributed by atoms with Crippen molar-refractivity contribution < 1.29 is 18.8 Å². The number of amides is 1. The topological polar surface area (TPSA) is 98.5 Å². The quantitative estimate of drug-likeness (QED) is 0.744. The van der Waals surface area contributed by atoms with Gasteiger partial charge >= 0.3 is 0 Å². The zero-order valence-corrected chi connectivity index (χ0v) is 14.0. The molecule has 1 aromatic carbocycles. The van der Waals surface area contributed by atoms with E-state index in [4.69, 9.17) is 14.0 Å². The number of pyridine rings is 1. The van der Waals surface area contributed by atoms with Crippen molar-refractivity contribution in [3.05, 3.63) is 53.9 Å². The number of rotatable bonds is 4. The molecule has 1 amide bonds. The minimum absolute atomic E-state index is 0.266. The number of fused-ring (bicyclic) bond motifs is 1. The molecule has 0 aliphatic carbocycles. The highest BCUT2D eigenvalue weighted by Crippen LogP contribution is 2.32. The maximum absolute atomic E-state index is 12.4. The van der Waals surface area contributed by atoms with E-state index in [1.165, 1.54) is 6.20 Å². The molecule has 0 fully saturated rings. The Bertz CT molecular complexity index is 937. The molecule has 0 saturated heterocycles. The Balaban J connectivity index is 1.43. The van der Waals surface area contributed by atoms with Gasteiger partial charge in [0, 0.05) is 24.0 Å². The Kier molecular flexibility index (Phi) is 4.14. The molecule has 8 nitrogen and oxygen atoms in total. The van der Waals surface area contributed by atoms with Crippen molar-refractivity contribution in [1.29, 1.82) is 0 Å². The molecule has 1 aliphatic heterocycles. The zero-order chi connectivity index (χ0) is 17.9. The van der Waals surface area contributed by atoms with Gasteiger partial charge in [-0.25, -0.2) is 4.98 Å². The smallest absolute Gasteiger partial charge is 0.257 e. The van der Waals surface area contributed by atoms with Crippen molar-refractivity contribution in [3.63, 3.8) is 0 Å². The molecule has 26 heavy (non-hydrogen) atoms. The lowest BCUT2D eigenvalue weighted by atomic mass is 10.2. The summed E-state index contributed by atoms with van der Waals surface area (Å²) in [6.45, 7) is 2.82. The van der Waals surface area contributed by atoms with Crippen molar-refractivity contribution in [2.24, 2.45) is 0 Å². The highest BCUT2D eigenvalue weighted by atomic mass is 16.6. The molecule has 0 spiro atoms. The van der Waals surface area contributed by atoms with Crippen molar-refractivity contribution in [2.45, 2.75) is 6.92 Å². The van der Waals surface area contributed by atoms with Crippen LogP contribution in [-0.4, -0.2) is 29.3 Å². The van der Waals surface area contributed by atoms with Crippen LogP contribution in [0.15, 0.2) is 47.1 Å². The number of benzene rings is 1. The molecule has 3 aromatic rings. The van der Waals surface area contributed by atoms with Gasteiger partial charge in [-0.3, -0.25) is 4.79 Å². The molecular weight excluding hydrogens is 336 g/mol. The number of carbonyl (C=O) groups excluding carboxylic acids is 1. The first kappa shape index (κ1) is 15.9. The third-order valence-corrected chi connectivity index (χ3v) is 3.71. The van der Waals surface area contributed by atoms with E-state index in [1.807, 2.05) is 0 Å². The van der Waals surface area contributed by atoms with Crippen LogP contribution in [0.4, 0.5) is 17.3 Å². The molecule has 0 unspecified atom stereocenters. The number of hydrogen-bond acceptors (Lipinski definition) is 7. The van der Waals surface area contributed by atoms with Gasteiger partial charge in [0.15, 0.2) is 17.3 Å². The third kappa shape index (κ3) is 3.44. The van der Waals surface area contributed by atoms with Crippen molar-refractivity contribution in [3.8, 4) is 11.5 Å². The average molecular weight is 352 g/mol. The number of nitrogens with zero attached hydrogens (tertiary/aromatic N) is 2. The first-order valence-corrected chi connectivity index (χ1v) is 8.05. The van der Waals surface area contributed by atoms with Gasteiger partial charge in [0.1, 0.15) is 24.8 Å². The van der Waals surface area contributed by atoms with Crippen LogP contribution in [0.25, 0.3) is 0 Å². The van der Waals surface area contributed by atoms with E-state index in [9.17, 15) is 4.79 Å². The van der Waals surface area contributed by atoms with Gasteiger partial charge < -0.3 is 24.6 Å². The molecule has 4 rings (SSSR count). The predicted octanol–water partition coefficient (Wildman–Crippen LogP) is 3.15. The van der Waals surface area contributed by atoms with Gasteiger partial charge in [-0.2, -0.15) is 0 Å². The second kappa shape index (κ2) is 6.75. The Hall–Kier alpha value is -3.55. The van der Waals surface area contributed by atoms with Crippen LogP contribution < -0.4 is 20.1 Å². The molecule has 3 heterocycles. The fraction of sp³-hybridized carbons (Fsp3) is 0.167. The average Bonchev–Trinajstić information content (AvgIpc) is 3.07. The third-order valence-electron chi connectivity index (χ3n) is 3.71. The Labute approximate surface area is 149 Å². The lowest BCUT2D eigenvalue weighted by molar-refractivity contribution is 0.102. The number of ether oxygens (including phenoxy) is 2. The van der Waals surface area contributed by atoms with Crippen LogP contribution in [0.2, 0.25) is 0 Å². The number of nitrogens with one attached hydrogen (secondary N) is 2. The van der Waals surface area contributed by atoms with Gasteiger partial charge in [0.25, 0.3) is 5.91 Å². The summed E-state index contributed by atoms with van der Waals surface area (Å²) in [5.74, 6) is 2.85. The number of anilines is 3. The van der Waals surface area contributed by atoms with E-state index in [0.717, 1.165) is 0 Å². The SMILES string of the molecule is Cc1cc(Nc2ccc(C(=O)Nc3ccc4c(c3)OCCO4)cn2)no1. The Morgan fingerprint density at radius 2 is 1.88 bits per heavy atom. The largest absolute Gasteiger partial charge is 0.486 e.